The minimum absolute atomic E-state index is 0.461. The molecule has 0 saturated carbocycles. The van der Waals surface area contributed by atoms with Gasteiger partial charge in [0.15, 0.2) is 5.82 Å². The Labute approximate surface area is 113 Å². The molecular weight excluding hydrogens is 240 g/mol. The summed E-state index contributed by atoms with van der Waals surface area (Å²) in [5.41, 5.74) is 3.01. The summed E-state index contributed by atoms with van der Waals surface area (Å²) < 4.78 is 10.4. The highest BCUT2D eigenvalue weighted by Gasteiger charge is 2.12. The van der Waals surface area contributed by atoms with Gasteiger partial charge in [-0.2, -0.15) is 0 Å². The molecule has 4 heteroatoms. The molecule has 1 aromatic heterocycles. The van der Waals surface area contributed by atoms with Crippen molar-refractivity contribution in [3.05, 3.63) is 47.8 Å². The molecule has 0 radical (unpaired) electrons. The first-order chi connectivity index (χ1) is 9.28. The number of ether oxygens (including phenoxy) is 2. The minimum atomic E-state index is -0.461. The Morgan fingerprint density at radius 2 is 1.74 bits per heavy atom. The summed E-state index contributed by atoms with van der Waals surface area (Å²) in [4.78, 5) is 8.77. The van der Waals surface area contributed by atoms with Gasteiger partial charge in [0.1, 0.15) is 5.69 Å². The lowest BCUT2D eigenvalue weighted by atomic mass is 10.1. The van der Waals surface area contributed by atoms with Crippen LogP contribution in [-0.4, -0.2) is 24.2 Å². The van der Waals surface area contributed by atoms with Crippen LogP contribution < -0.4 is 0 Å². The summed E-state index contributed by atoms with van der Waals surface area (Å²) in [7, 11) is 3.18. The van der Waals surface area contributed by atoms with Crippen LogP contribution in [0, 0.1) is 0 Å². The van der Waals surface area contributed by atoms with Gasteiger partial charge in [-0.3, -0.25) is 0 Å². The van der Waals surface area contributed by atoms with Crippen LogP contribution in [0.5, 0.6) is 0 Å². The van der Waals surface area contributed by atoms with Crippen LogP contribution in [0.4, 0.5) is 0 Å². The lowest BCUT2D eigenvalue weighted by Gasteiger charge is -2.13. The standard InChI is InChI=1S/C15H18N2O2/c1-4-11-5-7-12(8-6-11)14-16-10-9-13(17-14)15(18-2)19-3/h5-10,15H,4H2,1-3H3. The Balaban J connectivity index is 2.31. The third-order valence-electron chi connectivity index (χ3n) is 2.97. The molecule has 1 heterocycles. The van der Waals surface area contributed by atoms with Gasteiger partial charge < -0.3 is 9.47 Å². The van der Waals surface area contributed by atoms with E-state index in [4.69, 9.17) is 9.47 Å². The highest BCUT2D eigenvalue weighted by molar-refractivity contribution is 5.55. The van der Waals surface area contributed by atoms with Crippen molar-refractivity contribution in [1.82, 2.24) is 9.97 Å². The van der Waals surface area contributed by atoms with Gasteiger partial charge in [-0.15, -0.1) is 0 Å². The van der Waals surface area contributed by atoms with Gasteiger partial charge in [0.05, 0.1) is 0 Å². The predicted molar refractivity (Wildman–Crippen MR) is 73.6 cm³/mol. The van der Waals surface area contributed by atoms with Gasteiger partial charge in [0.2, 0.25) is 6.29 Å². The third kappa shape index (κ3) is 3.16. The molecule has 0 aliphatic carbocycles. The molecule has 4 nitrogen and oxygen atoms in total. The molecule has 2 aromatic rings. The van der Waals surface area contributed by atoms with Crippen molar-refractivity contribution in [2.45, 2.75) is 19.6 Å². The van der Waals surface area contributed by atoms with E-state index in [1.54, 1.807) is 26.5 Å². The smallest absolute Gasteiger partial charge is 0.200 e. The molecule has 0 spiro atoms. The van der Waals surface area contributed by atoms with Gasteiger partial charge >= 0.3 is 0 Å². The fraction of sp³-hybridized carbons (Fsp3) is 0.333. The summed E-state index contributed by atoms with van der Waals surface area (Å²) in [6, 6.07) is 10.0. The van der Waals surface area contributed by atoms with Crippen LogP contribution in [-0.2, 0) is 15.9 Å². The van der Waals surface area contributed by atoms with E-state index < -0.39 is 6.29 Å². The molecule has 0 aliphatic rings. The summed E-state index contributed by atoms with van der Waals surface area (Å²) in [6.07, 6.45) is 2.28. The van der Waals surface area contributed by atoms with Gasteiger partial charge in [-0.1, -0.05) is 31.2 Å². The van der Waals surface area contributed by atoms with E-state index in [0.29, 0.717) is 5.82 Å². The fourth-order valence-corrected chi connectivity index (χ4v) is 1.87. The van der Waals surface area contributed by atoms with Crippen molar-refractivity contribution in [2.75, 3.05) is 14.2 Å². The SMILES string of the molecule is CCc1ccc(-c2nccc(C(OC)OC)n2)cc1. The summed E-state index contributed by atoms with van der Waals surface area (Å²) in [6.45, 7) is 2.13. The Kier molecular flexibility index (Phi) is 4.60. The molecule has 0 aliphatic heterocycles. The van der Waals surface area contributed by atoms with E-state index >= 15 is 0 Å². The molecule has 0 atom stereocenters. The Morgan fingerprint density at radius 1 is 1.05 bits per heavy atom. The zero-order valence-corrected chi connectivity index (χ0v) is 11.5. The minimum Gasteiger partial charge on any atom is -0.350 e. The molecule has 2 rings (SSSR count). The molecule has 0 N–H and O–H groups in total. The summed E-state index contributed by atoms with van der Waals surface area (Å²) >= 11 is 0. The second-order valence-electron chi connectivity index (χ2n) is 4.16. The van der Waals surface area contributed by atoms with E-state index in [2.05, 4.69) is 29.0 Å². The molecule has 19 heavy (non-hydrogen) atoms. The van der Waals surface area contributed by atoms with Gasteiger partial charge in [0, 0.05) is 26.0 Å². The maximum Gasteiger partial charge on any atom is 0.200 e. The zero-order valence-electron chi connectivity index (χ0n) is 11.5. The van der Waals surface area contributed by atoms with Crippen molar-refractivity contribution >= 4 is 0 Å². The number of benzene rings is 1. The number of aromatic nitrogens is 2. The van der Waals surface area contributed by atoms with Crippen LogP contribution in [0.2, 0.25) is 0 Å². The van der Waals surface area contributed by atoms with E-state index in [1.165, 1.54) is 5.56 Å². The van der Waals surface area contributed by atoms with Crippen molar-refractivity contribution < 1.29 is 9.47 Å². The van der Waals surface area contributed by atoms with Crippen LogP contribution in [0.25, 0.3) is 11.4 Å². The van der Waals surface area contributed by atoms with E-state index in [1.807, 2.05) is 12.1 Å². The molecule has 0 saturated heterocycles. The second kappa shape index (κ2) is 6.41. The maximum atomic E-state index is 5.20. The molecule has 1 aromatic carbocycles. The van der Waals surface area contributed by atoms with E-state index in [-0.39, 0.29) is 0 Å². The zero-order chi connectivity index (χ0) is 13.7. The maximum absolute atomic E-state index is 5.20. The average Bonchev–Trinajstić information content (AvgIpc) is 2.49. The Morgan fingerprint density at radius 3 is 2.32 bits per heavy atom. The second-order valence-corrected chi connectivity index (χ2v) is 4.16. The van der Waals surface area contributed by atoms with E-state index in [0.717, 1.165) is 17.7 Å². The van der Waals surface area contributed by atoms with Gasteiger partial charge in [-0.25, -0.2) is 9.97 Å². The Bertz CT molecular complexity index is 522. The number of aryl methyl sites for hydroxylation is 1. The van der Waals surface area contributed by atoms with Crippen LogP contribution in [0.1, 0.15) is 24.5 Å². The number of hydrogen-bond donors (Lipinski definition) is 0. The lowest BCUT2D eigenvalue weighted by molar-refractivity contribution is -0.108. The third-order valence-corrected chi connectivity index (χ3v) is 2.97. The first kappa shape index (κ1) is 13.6. The molecular formula is C15H18N2O2. The van der Waals surface area contributed by atoms with Crippen molar-refractivity contribution in [1.29, 1.82) is 0 Å². The number of methoxy groups -OCH3 is 2. The Hall–Kier alpha value is -1.78. The first-order valence-corrected chi connectivity index (χ1v) is 6.26. The van der Waals surface area contributed by atoms with E-state index in [9.17, 15) is 0 Å². The molecule has 0 amide bonds. The number of hydrogen-bond acceptors (Lipinski definition) is 4. The first-order valence-electron chi connectivity index (χ1n) is 6.26. The van der Waals surface area contributed by atoms with Crippen LogP contribution >= 0.6 is 0 Å². The molecule has 100 valence electrons. The fourth-order valence-electron chi connectivity index (χ4n) is 1.87. The molecule has 0 unspecified atom stereocenters. The highest BCUT2D eigenvalue weighted by Crippen LogP contribution is 2.20. The van der Waals surface area contributed by atoms with Gasteiger partial charge in [0.25, 0.3) is 0 Å². The number of nitrogens with zero attached hydrogens (tertiary/aromatic N) is 2. The lowest BCUT2D eigenvalue weighted by Crippen LogP contribution is -2.07. The topological polar surface area (TPSA) is 44.2 Å². The quantitative estimate of drug-likeness (QED) is 0.773. The monoisotopic (exact) mass is 258 g/mol. The molecule has 0 bridgehead atoms. The van der Waals surface area contributed by atoms with Crippen molar-refractivity contribution in [2.24, 2.45) is 0 Å². The highest BCUT2D eigenvalue weighted by atomic mass is 16.7. The normalized spacial score (nSPS) is 10.9. The summed E-state index contributed by atoms with van der Waals surface area (Å²) in [5, 5.41) is 0. The van der Waals surface area contributed by atoms with Crippen molar-refractivity contribution in [3.63, 3.8) is 0 Å². The molecule has 0 fully saturated rings. The van der Waals surface area contributed by atoms with Gasteiger partial charge in [-0.05, 0) is 18.1 Å². The number of rotatable bonds is 5. The van der Waals surface area contributed by atoms with Crippen molar-refractivity contribution in [3.8, 4) is 11.4 Å². The summed E-state index contributed by atoms with van der Waals surface area (Å²) in [5.74, 6) is 0.680. The predicted octanol–water partition coefficient (Wildman–Crippen LogP) is 3.00. The van der Waals surface area contributed by atoms with Crippen LogP contribution in [0.3, 0.4) is 0 Å². The van der Waals surface area contributed by atoms with Crippen LogP contribution in [0.15, 0.2) is 36.5 Å². The largest absolute Gasteiger partial charge is 0.350 e. The average molecular weight is 258 g/mol.